The monoisotopic (exact) mass is 471 g/mol. The van der Waals surface area contributed by atoms with Crippen molar-refractivity contribution in [1.82, 2.24) is 9.88 Å². The van der Waals surface area contributed by atoms with Gasteiger partial charge < -0.3 is 15.0 Å². The van der Waals surface area contributed by atoms with E-state index in [1.165, 1.54) is 6.07 Å². The number of halogens is 2. The smallest absolute Gasteiger partial charge is 0.321 e. The molecule has 2 aromatic rings. The van der Waals surface area contributed by atoms with Crippen molar-refractivity contribution in [1.29, 1.82) is 0 Å². The molecule has 0 atom stereocenters. The third kappa shape index (κ3) is 4.78. The molecule has 1 saturated heterocycles. The number of hydrogen-bond donors (Lipinski definition) is 1. The van der Waals surface area contributed by atoms with Gasteiger partial charge in [0.1, 0.15) is 12.1 Å². The molecule has 0 radical (unpaired) electrons. The number of pyridine rings is 1. The number of likely N-dealkylation sites (tertiary alicyclic amines) is 1. The van der Waals surface area contributed by atoms with Crippen LogP contribution in [0.2, 0.25) is 0 Å². The van der Waals surface area contributed by atoms with Crippen LogP contribution >= 0.6 is 24.0 Å². The Hall–Kier alpha value is -2.03. The zero-order valence-electron chi connectivity index (χ0n) is 14.4. The van der Waals surface area contributed by atoms with Gasteiger partial charge in [0.2, 0.25) is 0 Å². The lowest BCUT2D eigenvalue weighted by Gasteiger charge is -2.29. The van der Waals surface area contributed by atoms with Gasteiger partial charge in [-0.1, -0.05) is 6.07 Å². The molecule has 0 unspecified atom stereocenters. The van der Waals surface area contributed by atoms with Crippen LogP contribution in [-0.2, 0) is 4.79 Å². The van der Waals surface area contributed by atoms with Gasteiger partial charge in [-0.25, -0.2) is 9.18 Å². The van der Waals surface area contributed by atoms with E-state index in [2.05, 4.69) is 10.3 Å². The molecule has 1 aromatic carbocycles. The summed E-state index contributed by atoms with van der Waals surface area (Å²) < 4.78 is 13.4. The van der Waals surface area contributed by atoms with Crippen LogP contribution < -0.4 is 5.32 Å². The van der Waals surface area contributed by atoms with Crippen molar-refractivity contribution in [3.63, 3.8) is 0 Å². The standard InChI is InChI=1S/C19H20FN3O2.HI.H2/c1-13-2-3-17(9-18(13)15-8-16(20)11-21-10-15)22-19(25)23-6-4-14(12-24)5-7-23;;/h2-3,8-12,14H,4-7H2,1H3,(H,22,25);2*1H. The van der Waals surface area contributed by atoms with E-state index in [1.807, 2.05) is 25.1 Å². The van der Waals surface area contributed by atoms with Crippen molar-refractivity contribution in [2.45, 2.75) is 19.8 Å². The second-order valence-electron chi connectivity index (χ2n) is 6.31. The van der Waals surface area contributed by atoms with Crippen LogP contribution in [0, 0.1) is 18.7 Å². The van der Waals surface area contributed by atoms with Gasteiger partial charge in [0.25, 0.3) is 0 Å². The Bertz CT molecular complexity index is 798. The van der Waals surface area contributed by atoms with E-state index >= 15 is 0 Å². The van der Waals surface area contributed by atoms with E-state index in [9.17, 15) is 14.0 Å². The Morgan fingerprint density at radius 1 is 1.31 bits per heavy atom. The predicted molar refractivity (Wildman–Crippen MR) is 111 cm³/mol. The number of piperidine rings is 1. The van der Waals surface area contributed by atoms with Crippen LogP contribution in [0.1, 0.15) is 19.8 Å². The molecule has 1 aromatic heterocycles. The average Bonchev–Trinajstić information content (AvgIpc) is 2.63. The number of nitrogens with one attached hydrogen (secondary N) is 1. The summed E-state index contributed by atoms with van der Waals surface area (Å²) in [7, 11) is 0. The normalized spacial score (nSPS) is 14.5. The molecule has 2 heterocycles. The summed E-state index contributed by atoms with van der Waals surface area (Å²) in [6.07, 6.45) is 5.12. The number of carbonyl (C=O) groups excluding carboxylic acids is 2. The number of nitrogens with zero attached hydrogens (tertiary/aromatic N) is 2. The first kappa shape index (κ1) is 20.3. The van der Waals surface area contributed by atoms with Gasteiger partial charge in [-0.3, -0.25) is 4.98 Å². The maximum Gasteiger partial charge on any atom is 0.321 e. The summed E-state index contributed by atoms with van der Waals surface area (Å²) in [6, 6.07) is 6.76. The lowest BCUT2D eigenvalue weighted by Crippen LogP contribution is -2.41. The SMILES string of the molecule is Cc1ccc(NC(=O)N2CCC(C=O)CC2)cc1-c1cncc(F)c1.I.[HH]. The van der Waals surface area contributed by atoms with Crippen molar-refractivity contribution in [3.8, 4) is 11.1 Å². The molecule has 1 aliphatic heterocycles. The van der Waals surface area contributed by atoms with Crippen LogP contribution in [0.3, 0.4) is 0 Å². The average molecular weight is 471 g/mol. The van der Waals surface area contributed by atoms with Crippen LogP contribution in [0.4, 0.5) is 14.9 Å². The van der Waals surface area contributed by atoms with Crippen LogP contribution in [-0.4, -0.2) is 35.3 Å². The molecule has 3 rings (SSSR count). The second-order valence-corrected chi connectivity index (χ2v) is 6.31. The molecule has 1 aliphatic rings. The highest BCUT2D eigenvalue weighted by molar-refractivity contribution is 14.0. The van der Waals surface area contributed by atoms with Gasteiger partial charge in [-0.05, 0) is 49.1 Å². The third-order valence-corrected chi connectivity index (χ3v) is 4.52. The molecule has 2 amide bonds. The largest absolute Gasteiger partial charge is 0.324 e. The molecule has 26 heavy (non-hydrogen) atoms. The summed E-state index contributed by atoms with van der Waals surface area (Å²) in [5.74, 6) is -0.347. The number of carbonyl (C=O) groups is 2. The number of aldehydes is 1. The highest BCUT2D eigenvalue weighted by atomic mass is 127. The summed E-state index contributed by atoms with van der Waals surface area (Å²) in [5.41, 5.74) is 3.11. The first-order valence-corrected chi connectivity index (χ1v) is 8.29. The lowest BCUT2D eigenvalue weighted by molar-refractivity contribution is -0.112. The molecule has 1 N–H and O–H groups in total. The van der Waals surface area contributed by atoms with Gasteiger partial charge in [-0.2, -0.15) is 0 Å². The minimum Gasteiger partial charge on any atom is -0.324 e. The van der Waals surface area contributed by atoms with Crippen molar-refractivity contribution >= 4 is 42.0 Å². The highest BCUT2D eigenvalue weighted by Crippen LogP contribution is 2.27. The third-order valence-electron chi connectivity index (χ3n) is 4.52. The van der Waals surface area contributed by atoms with Gasteiger partial charge in [0.15, 0.2) is 0 Å². The van der Waals surface area contributed by atoms with E-state index in [0.29, 0.717) is 37.2 Å². The van der Waals surface area contributed by atoms with Crippen LogP contribution in [0.25, 0.3) is 11.1 Å². The van der Waals surface area contributed by atoms with Gasteiger partial charge >= 0.3 is 6.03 Å². The maximum atomic E-state index is 13.4. The van der Waals surface area contributed by atoms with Crippen LogP contribution in [0.15, 0.2) is 36.7 Å². The van der Waals surface area contributed by atoms with E-state index in [4.69, 9.17) is 0 Å². The molecule has 7 heteroatoms. The Morgan fingerprint density at radius 2 is 2.04 bits per heavy atom. The van der Waals surface area contributed by atoms with E-state index in [0.717, 1.165) is 23.6 Å². The number of hydrogen-bond acceptors (Lipinski definition) is 3. The number of benzene rings is 1. The number of urea groups is 1. The molecule has 1 fully saturated rings. The number of anilines is 1. The number of aryl methyl sites for hydroxylation is 1. The maximum absolute atomic E-state index is 13.4. The first-order chi connectivity index (χ1) is 12.1. The number of aromatic nitrogens is 1. The topological polar surface area (TPSA) is 62.3 Å². The minimum absolute atomic E-state index is 0. The Balaban J connectivity index is 0.00000182. The first-order valence-electron chi connectivity index (χ1n) is 8.29. The number of amides is 2. The summed E-state index contributed by atoms with van der Waals surface area (Å²) in [4.78, 5) is 28.8. The Morgan fingerprint density at radius 3 is 2.69 bits per heavy atom. The lowest BCUT2D eigenvalue weighted by atomic mass is 9.99. The second kappa shape index (κ2) is 9.07. The van der Waals surface area contributed by atoms with Gasteiger partial charge in [0, 0.05) is 37.9 Å². The van der Waals surface area contributed by atoms with Crippen molar-refractivity contribution < 1.29 is 15.4 Å². The fourth-order valence-corrected chi connectivity index (χ4v) is 3.01. The zero-order valence-corrected chi connectivity index (χ0v) is 16.8. The quantitative estimate of drug-likeness (QED) is 0.530. The number of rotatable bonds is 3. The predicted octanol–water partition coefficient (Wildman–Crippen LogP) is 4.50. The van der Waals surface area contributed by atoms with Crippen molar-refractivity contribution in [3.05, 3.63) is 48.0 Å². The summed E-state index contributed by atoms with van der Waals surface area (Å²) >= 11 is 0. The van der Waals surface area contributed by atoms with Crippen LogP contribution in [0.5, 0.6) is 0 Å². The van der Waals surface area contributed by atoms with E-state index < -0.39 is 5.82 Å². The molecule has 5 nitrogen and oxygen atoms in total. The van der Waals surface area contributed by atoms with Crippen molar-refractivity contribution in [2.75, 3.05) is 18.4 Å². The zero-order chi connectivity index (χ0) is 17.8. The van der Waals surface area contributed by atoms with E-state index in [-0.39, 0.29) is 37.4 Å². The van der Waals surface area contributed by atoms with Gasteiger partial charge in [0.05, 0.1) is 6.20 Å². The van der Waals surface area contributed by atoms with E-state index in [1.54, 1.807) is 11.1 Å². The molecule has 0 spiro atoms. The van der Waals surface area contributed by atoms with Gasteiger partial charge in [-0.15, -0.1) is 24.0 Å². The summed E-state index contributed by atoms with van der Waals surface area (Å²) in [6.45, 7) is 3.07. The fourth-order valence-electron chi connectivity index (χ4n) is 3.01. The molecule has 140 valence electrons. The minimum atomic E-state index is -0.399. The molecular formula is C19H23FIN3O2. The molecule has 0 aliphatic carbocycles. The molecule has 0 bridgehead atoms. The van der Waals surface area contributed by atoms with Crippen molar-refractivity contribution in [2.24, 2.45) is 5.92 Å². The Kier molecular flexibility index (Phi) is 7.07. The fraction of sp³-hybridized carbons (Fsp3) is 0.316. The summed E-state index contributed by atoms with van der Waals surface area (Å²) in [5, 5.41) is 2.88. The molecule has 0 saturated carbocycles. The highest BCUT2D eigenvalue weighted by Gasteiger charge is 2.22. The Labute approximate surface area is 170 Å². The molecular weight excluding hydrogens is 448 g/mol.